The van der Waals surface area contributed by atoms with Gasteiger partial charge in [-0.3, -0.25) is 19.8 Å². The summed E-state index contributed by atoms with van der Waals surface area (Å²) in [4.78, 5) is 32.0. The number of nitrogens with zero attached hydrogens (tertiary/aromatic N) is 5. The van der Waals surface area contributed by atoms with Gasteiger partial charge in [-0.05, 0) is 12.1 Å². The smallest absolute Gasteiger partial charge is 0.293 e. The minimum atomic E-state index is -0.435. The third-order valence-corrected chi connectivity index (χ3v) is 4.74. The number of aryl methyl sites for hydroxylation is 1. The number of carbonyl (C=O) groups is 1. The van der Waals surface area contributed by atoms with E-state index in [-0.39, 0.29) is 22.9 Å². The number of rotatable bonds is 6. The van der Waals surface area contributed by atoms with E-state index in [1.807, 2.05) is 4.90 Å². The lowest BCUT2D eigenvalue weighted by atomic mass is 10.1. The van der Waals surface area contributed by atoms with Crippen molar-refractivity contribution in [1.29, 1.82) is 0 Å². The molecule has 1 aromatic heterocycles. The molecule has 0 unspecified atom stereocenters. The van der Waals surface area contributed by atoms with Crippen LogP contribution in [0.5, 0.6) is 0 Å². The molecule has 8 nitrogen and oxygen atoms in total. The van der Waals surface area contributed by atoms with Crippen molar-refractivity contribution in [2.45, 2.75) is 6.42 Å². The molecule has 0 radical (unpaired) electrons. The Morgan fingerprint density at radius 2 is 2.07 bits per heavy atom. The second kappa shape index (κ2) is 8.01. The summed E-state index contributed by atoms with van der Waals surface area (Å²) < 4.78 is 1.59. The first kappa shape index (κ1) is 18.6. The maximum absolute atomic E-state index is 12.6. The molecular weight excluding hydrogens is 346 g/mol. The molecule has 0 N–H and O–H groups in total. The monoisotopic (exact) mass is 367 g/mol. The van der Waals surface area contributed by atoms with Gasteiger partial charge in [-0.2, -0.15) is 0 Å². The summed E-state index contributed by atoms with van der Waals surface area (Å²) in [6.07, 6.45) is 9.19. The van der Waals surface area contributed by atoms with Gasteiger partial charge >= 0.3 is 0 Å². The van der Waals surface area contributed by atoms with E-state index in [1.54, 1.807) is 29.9 Å². The second-order valence-corrected chi connectivity index (χ2v) is 6.43. The van der Waals surface area contributed by atoms with Crippen LogP contribution in [0.4, 0.5) is 11.4 Å². The first-order valence-corrected chi connectivity index (χ1v) is 8.72. The molecule has 8 heteroatoms. The van der Waals surface area contributed by atoms with E-state index in [0.717, 1.165) is 19.6 Å². The lowest BCUT2D eigenvalue weighted by Crippen LogP contribution is -2.46. The predicted molar refractivity (Wildman–Crippen MR) is 102 cm³/mol. The van der Waals surface area contributed by atoms with Gasteiger partial charge in [-0.15, -0.1) is 12.3 Å². The number of nitro groups is 1. The average Bonchev–Trinajstić information content (AvgIpc) is 3.11. The maximum atomic E-state index is 12.6. The van der Waals surface area contributed by atoms with Crippen molar-refractivity contribution in [2.24, 2.45) is 7.05 Å². The molecule has 0 spiro atoms. The summed E-state index contributed by atoms with van der Waals surface area (Å²) >= 11 is 0. The number of imidazole rings is 1. The summed E-state index contributed by atoms with van der Waals surface area (Å²) in [6, 6.07) is 4.63. The minimum absolute atomic E-state index is 0.0628. The number of terminal acetylenes is 1. The lowest BCUT2D eigenvalue weighted by Gasteiger charge is -2.35. The van der Waals surface area contributed by atoms with Gasteiger partial charge in [0.1, 0.15) is 5.69 Å². The maximum Gasteiger partial charge on any atom is 0.293 e. The third kappa shape index (κ3) is 3.99. The van der Waals surface area contributed by atoms with Gasteiger partial charge in [-0.25, -0.2) is 4.98 Å². The Bertz CT molecular complexity index is 891. The third-order valence-electron chi connectivity index (χ3n) is 4.74. The molecule has 1 fully saturated rings. The molecule has 1 saturated heterocycles. The van der Waals surface area contributed by atoms with Crippen molar-refractivity contribution in [3.8, 4) is 12.3 Å². The molecule has 3 rings (SSSR count). The van der Waals surface area contributed by atoms with Gasteiger partial charge in [0.2, 0.25) is 5.78 Å². The molecule has 0 atom stereocenters. The zero-order chi connectivity index (χ0) is 19.4. The Kier molecular flexibility index (Phi) is 5.52. The number of ketones is 1. The Hall–Kier alpha value is -3.18. The summed E-state index contributed by atoms with van der Waals surface area (Å²) in [5.41, 5.74) is 0.729. The molecule has 2 aromatic rings. The van der Waals surface area contributed by atoms with Gasteiger partial charge in [-0.1, -0.05) is 0 Å². The van der Waals surface area contributed by atoms with Crippen molar-refractivity contribution in [2.75, 3.05) is 37.6 Å². The summed E-state index contributed by atoms with van der Waals surface area (Å²) in [5.74, 6) is 2.54. The zero-order valence-electron chi connectivity index (χ0n) is 15.2. The van der Waals surface area contributed by atoms with Gasteiger partial charge in [0.05, 0.1) is 4.92 Å². The van der Waals surface area contributed by atoms with Crippen molar-refractivity contribution in [1.82, 2.24) is 14.5 Å². The Balaban J connectivity index is 1.81. The summed E-state index contributed by atoms with van der Waals surface area (Å²) in [7, 11) is 1.71. The molecular formula is C19H21N5O3. The standard InChI is InChI=1S/C19H21N5O3/c1-3-4-8-22-10-12-23(13-11-22)16-6-5-15(14-17(16)24(26)27)18(25)19-20-7-9-21(19)2/h1,5-7,9,14H,4,8,10-13H2,2H3. The van der Waals surface area contributed by atoms with Crippen LogP contribution in [0.15, 0.2) is 30.6 Å². The van der Waals surface area contributed by atoms with Crippen LogP contribution in [0.3, 0.4) is 0 Å². The van der Waals surface area contributed by atoms with E-state index in [2.05, 4.69) is 15.8 Å². The van der Waals surface area contributed by atoms with Crippen LogP contribution in [0.2, 0.25) is 0 Å². The number of carbonyl (C=O) groups excluding carboxylic acids is 1. The van der Waals surface area contributed by atoms with Crippen molar-refractivity contribution >= 4 is 17.2 Å². The summed E-state index contributed by atoms with van der Waals surface area (Å²) in [5, 5.41) is 11.6. The SMILES string of the molecule is C#CCCN1CCN(c2ccc(C(=O)c3nccn3C)cc2[N+](=O)[O-])CC1. The minimum Gasteiger partial charge on any atom is -0.363 e. The largest absolute Gasteiger partial charge is 0.363 e. The summed E-state index contributed by atoms with van der Waals surface area (Å²) in [6.45, 7) is 3.79. The second-order valence-electron chi connectivity index (χ2n) is 6.43. The van der Waals surface area contributed by atoms with E-state index in [4.69, 9.17) is 6.42 Å². The molecule has 140 valence electrons. The number of benzene rings is 1. The fourth-order valence-corrected chi connectivity index (χ4v) is 3.23. The highest BCUT2D eigenvalue weighted by molar-refractivity contribution is 6.07. The molecule has 1 aromatic carbocycles. The highest BCUT2D eigenvalue weighted by atomic mass is 16.6. The number of anilines is 1. The van der Waals surface area contributed by atoms with Gasteiger partial charge in [0.15, 0.2) is 5.82 Å². The van der Waals surface area contributed by atoms with Crippen molar-refractivity contribution < 1.29 is 9.72 Å². The first-order valence-electron chi connectivity index (χ1n) is 8.72. The Labute approximate surface area is 157 Å². The van der Waals surface area contributed by atoms with E-state index in [9.17, 15) is 14.9 Å². The highest BCUT2D eigenvalue weighted by Crippen LogP contribution is 2.30. The van der Waals surface area contributed by atoms with E-state index in [1.165, 1.54) is 12.3 Å². The molecule has 2 heterocycles. The topological polar surface area (TPSA) is 84.5 Å². The molecule has 0 aliphatic carbocycles. The molecule has 0 amide bonds. The number of hydrogen-bond acceptors (Lipinski definition) is 6. The molecule has 1 aliphatic rings. The van der Waals surface area contributed by atoms with Crippen LogP contribution in [0.1, 0.15) is 22.6 Å². The molecule has 27 heavy (non-hydrogen) atoms. The van der Waals surface area contributed by atoms with Crippen LogP contribution in [-0.4, -0.2) is 57.9 Å². The average molecular weight is 367 g/mol. The molecule has 1 aliphatic heterocycles. The van der Waals surface area contributed by atoms with Crippen molar-refractivity contribution in [3.05, 3.63) is 52.1 Å². The molecule has 0 bridgehead atoms. The van der Waals surface area contributed by atoms with Crippen LogP contribution < -0.4 is 4.90 Å². The first-order chi connectivity index (χ1) is 13.0. The predicted octanol–water partition coefficient (Wildman–Crippen LogP) is 1.70. The number of aromatic nitrogens is 2. The molecule has 0 saturated carbocycles. The van der Waals surface area contributed by atoms with Gasteiger partial charge < -0.3 is 9.47 Å². The number of nitro benzene ring substituents is 1. The van der Waals surface area contributed by atoms with Gasteiger partial charge in [0, 0.05) is 70.2 Å². The lowest BCUT2D eigenvalue weighted by molar-refractivity contribution is -0.384. The van der Waals surface area contributed by atoms with Crippen LogP contribution >= 0.6 is 0 Å². The fourth-order valence-electron chi connectivity index (χ4n) is 3.23. The number of hydrogen-bond donors (Lipinski definition) is 0. The quantitative estimate of drug-likeness (QED) is 0.334. The van der Waals surface area contributed by atoms with Crippen LogP contribution in [0.25, 0.3) is 0 Å². The number of piperazine rings is 1. The van der Waals surface area contributed by atoms with Gasteiger partial charge in [0.25, 0.3) is 5.69 Å². The van der Waals surface area contributed by atoms with Crippen LogP contribution in [-0.2, 0) is 7.05 Å². The van der Waals surface area contributed by atoms with Crippen molar-refractivity contribution in [3.63, 3.8) is 0 Å². The van der Waals surface area contributed by atoms with E-state index < -0.39 is 4.92 Å². The van der Waals surface area contributed by atoms with E-state index >= 15 is 0 Å². The Morgan fingerprint density at radius 1 is 1.33 bits per heavy atom. The fraction of sp³-hybridized carbons (Fsp3) is 0.368. The van der Waals surface area contributed by atoms with Crippen LogP contribution in [0, 0.1) is 22.5 Å². The van der Waals surface area contributed by atoms with E-state index in [0.29, 0.717) is 25.2 Å². The zero-order valence-corrected chi connectivity index (χ0v) is 15.2. The Morgan fingerprint density at radius 3 is 2.67 bits per heavy atom. The normalized spacial score (nSPS) is 14.7. The highest BCUT2D eigenvalue weighted by Gasteiger charge is 2.26.